The van der Waals surface area contributed by atoms with Gasteiger partial charge in [0, 0.05) is 11.3 Å². The summed E-state index contributed by atoms with van der Waals surface area (Å²) in [5, 5.41) is 14.3. The number of aromatic amines is 1. The van der Waals surface area contributed by atoms with Gasteiger partial charge in [-0.05, 0) is 37.6 Å². The average molecular weight is 330 g/mol. The first kappa shape index (κ1) is 15.2. The van der Waals surface area contributed by atoms with Crippen molar-refractivity contribution in [3.05, 3.63) is 65.9 Å². The maximum absolute atomic E-state index is 10.1. The number of fused-ring (bicyclic) bond motifs is 1. The molecule has 0 unspecified atom stereocenters. The van der Waals surface area contributed by atoms with Gasteiger partial charge in [0.1, 0.15) is 17.2 Å². The molecular formula is C20H18N4O. The van der Waals surface area contributed by atoms with Crippen LogP contribution in [0.4, 0.5) is 11.5 Å². The fourth-order valence-electron chi connectivity index (χ4n) is 2.83. The Morgan fingerprint density at radius 1 is 0.960 bits per heavy atom. The minimum Gasteiger partial charge on any atom is -0.506 e. The SMILES string of the molecule is Cc1ccc(O)c(Nc2nc(-c3ccccc3)nc3[nH]c(C)cc23)c1. The van der Waals surface area contributed by atoms with Crippen molar-refractivity contribution in [3.63, 3.8) is 0 Å². The zero-order valence-electron chi connectivity index (χ0n) is 14.0. The Balaban J connectivity index is 1.88. The van der Waals surface area contributed by atoms with Crippen LogP contribution in [0, 0.1) is 13.8 Å². The van der Waals surface area contributed by atoms with Crippen LogP contribution in [0.15, 0.2) is 54.6 Å². The van der Waals surface area contributed by atoms with Gasteiger partial charge < -0.3 is 15.4 Å². The maximum atomic E-state index is 10.1. The fraction of sp³-hybridized carbons (Fsp3) is 0.100. The van der Waals surface area contributed by atoms with Gasteiger partial charge in [0.25, 0.3) is 0 Å². The van der Waals surface area contributed by atoms with Gasteiger partial charge in [-0.2, -0.15) is 0 Å². The normalized spacial score (nSPS) is 11.0. The van der Waals surface area contributed by atoms with E-state index < -0.39 is 0 Å². The number of benzene rings is 2. The molecule has 0 fully saturated rings. The highest BCUT2D eigenvalue weighted by atomic mass is 16.3. The molecule has 2 aromatic heterocycles. The van der Waals surface area contributed by atoms with Crippen molar-refractivity contribution in [3.8, 4) is 17.1 Å². The highest BCUT2D eigenvalue weighted by Crippen LogP contribution is 2.31. The van der Waals surface area contributed by atoms with Crippen LogP contribution in [-0.4, -0.2) is 20.1 Å². The molecule has 0 bridgehead atoms. The Morgan fingerprint density at radius 3 is 2.56 bits per heavy atom. The molecule has 0 saturated heterocycles. The highest BCUT2D eigenvalue weighted by Gasteiger charge is 2.13. The number of rotatable bonds is 3. The van der Waals surface area contributed by atoms with E-state index in [2.05, 4.69) is 15.3 Å². The second-order valence-electron chi connectivity index (χ2n) is 6.12. The number of anilines is 2. The predicted octanol–water partition coefficient (Wildman–Crippen LogP) is 4.69. The van der Waals surface area contributed by atoms with E-state index in [-0.39, 0.29) is 5.75 Å². The number of nitrogens with zero attached hydrogens (tertiary/aromatic N) is 2. The Bertz CT molecular complexity index is 1050. The Kier molecular flexibility index (Phi) is 3.61. The van der Waals surface area contributed by atoms with Crippen LogP contribution in [0.5, 0.6) is 5.75 Å². The van der Waals surface area contributed by atoms with Crippen LogP contribution in [0.3, 0.4) is 0 Å². The molecule has 4 aromatic rings. The van der Waals surface area contributed by atoms with E-state index in [4.69, 9.17) is 4.98 Å². The first-order chi connectivity index (χ1) is 12.1. The van der Waals surface area contributed by atoms with E-state index in [0.717, 1.165) is 27.9 Å². The fourth-order valence-corrected chi connectivity index (χ4v) is 2.83. The molecule has 25 heavy (non-hydrogen) atoms. The van der Waals surface area contributed by atoms with Crippen molar-refractivity contribution in [2.24, 2.45) is 0 Å². The van der Waals surface area contributed by atoms with Crippen molar-refractivity contribution in [2.75, 3.05) is 5.32 Å². The van der Waals surface area contributed by atoms with Crippen molar-refractivity contribution in [1.29, 1.82) is 0 Å². The monoisotopic (exact) mass is 330 g/mol. The molecule has 0 saturated carbocycles. The van der Waals surface area contributed by atoms with Crippen LogP contribution in [-0.2, 0) is 0 Å². The summed E-state index contributed by atoms with van der Waals surface area (Å²) in [6.07, 6.45) is 0. The standard InChI is InChI=1S/C20H18N4O/c1-12-8-9-17(25)16(10-12)22-20-15-11-13(2)21-19(15)23-18(24-20)14-6-4-3-5-7-14/h3-11,25H,1-2H3,(H2,21,22,23,24). The molecule has 5 nitrogen and oxygen atoms in total. The van der Waals surface area contributed by atoms with Gasteiger partial charge >= 0.3 is 0 Å². The topological polar surface area (TPSA) is 73.8 Å². The Hall–Kier alpha value is -3.34. The average Bonchev–Trinajstić information content (AvgIpc) is 2.99. The van der Waals surface area contributed by atoms with E-state index in [9.17, 15) is 5.11 Å². The lowest BCUT2D eigenvalue weighted by atomic mass is 10.2. The third kappa shape index (κ3) is 2.92. The molecule has 0 aliphatic carbocycles. The van der Waals surface area contributed by atoms with E-state index in [1.807, 2.05) is 62.4 Å². The van der Waals surface area contributed by atoms with E-state index in [1.54, 1.807) is 6.07 Å². The number of hydrogen-bond acceptors (Lipinski definition) is 4. The third-order valence-corrected chi connectivity index (χ3v) is 4.06. The second-order valence-corrected chi connectivity index (χ2v) is 6.12. The molecule has 2 heterocycles. The Morgan fingerprint density at radius 2 is 1.76 bits per heavy atom. The molecule has 5 heteroatoms. The lowest BCUT2D eigenvalue weighted by Gasteiger charge is -2.11. The van der Waals surface area contributed by atoms with Crippen molar-refractivity contribution in [2.45, 2.75) is 13.8 Å². The van der Waals surface area contributed by atoms with Crippen molar-refractivity contribution in [1.82, 2.24) is 15.0 Å². The smallest absolute Gasteiger partial charge is 0.163 e. The third-order valence-electron chi connectivity index (χ3n) is 4.06. The van der Waals surface area contributed by atoms with Crippen LogP contribution < -0.4 is 5.32 Å². The zero-order valence-corrected chi connectivity index (χ0v) is 14.0. The largest absolute Gasteiger partial charge is 0.506 e. The van der Waals surface area contributed by atoms with Crippen LogP contribution in [0.1, 0.15) is 11.3 Å². The predicted molar refractivity (Wildman–Crippen MR) is 100 cm³/mol. The van der Waals surface area contributed by atoms with Gasteiger partial charge in [-0.3, -0.25) is 0 Å². The van der Waals surface area contributed by atoms with Crippen LogP contribution >= 0.6 is 0 Å². The number of aryl methyl sites for hydroxylation is 2. The molecule has 0 spiro atoms. The van der Waals surface area contributed by atoms with Gasteiger partial charge in [-0.15, -0.1) is 0 Å². The summed E-state index contributed by atoms with van der Waals surface area (Å²) in [5.41, 5.74) is 4.39. The summed E-state index contributed by atoms with van der Waals surface area (Å²) in [5.74, 6) is 1.48. The second kappa shape index (κ2) is 5.94. The molecule has 4 rings (SSSR count). The molecule has 0 aliphatic rings. The maximum Gasteiger partial charge on any atom is 0.163 e. The summed E-state index contributed by atoms with van der Waals surface area (Å²) in [6, 6.07) is 17.3. The summed E-state index contributed by atoms with van der Waals surface area (Å²) in [4.78, 5) is 12.6. The molecule has 0 atom stereocenters. The van der Waals surface area contributed by atoms with Crippen LogP contribution in [0.25, 0.3) is 22.4 Å². The molecule has 3 N–H and O–H groups in total. The minimum absolute atomic E-state index is 0.186. The van der Waals surface area contributed by atoms with E-state index >= 15 is 0 Å². The number of phenols is 1. The molecular weight excluding hydrogens is 312 g/mol. The molecule has 0 radical (unpaired) electrons. The number of hydrogen-bond donors (Lipinski definition) is 3. The number of nitrogens with one attached hydrogen (secondary N) is 2. The summed E-state index contributed by atoms with van der Waals surface area (Å²) in [7, 11) is 0. The summed E-state index contributed by atoms with van der Waals surface area (Å²) < 4.78 is 0. The van der Waals surface area contributed by atoms with Gasteiger partial charge in [0.15, 0.2) is 5.82 Å². The molecule has 124 valence electrons. The first-order valence-corrected chi connectivity index (χ1v) is 8.09. The number of aromatic nitrogens is 3. The Labute approximate surface area is 145 Å². The van der Waals surface area contributed by atoms with Gasteiger partial charge in [-0.1, -0.05) is 36.4 Å². The zero-order chi connectivity index (χ0) is 17.4. The molecule has 2 aromatic carbocycles. The summed E-state index contributed by atoms with van der Waals surface area (Å²) in [6.45, 7) is 3.97. The first-order valence-electron chi connectivity index (χ1n) is 8.09. The molecule has 0 aliphatic heterocycles. The van der Waals surface area contributed by atoms with E-state index in [0.29, 0.717) is 17.3 Å². The number of phenolic OH excluding ortho intramolecular Hbond substituents is 1. The minimum atomic E-state index is 0.186. The van der Waals surface area contributed by atoms with E-state index in [1.165, 1.54) is 0 Å². The quantitative estimate of drug-likeness (QED) is 0.476. The lowest BCUT2D eigenvalue weighted by Crippen LogP contribution is -1.99. The van der Waals surface area contributed by atoms with Gasteiger partial charge in [0.05, 0.1) is 11.1 Å². The van der Waals surface area contributed by atoms with Crippen molar-refractivity contribution >= 4 is 22.5 Å². The summed E-state index contributed by atoms with van der Waals surface area (Å²) >= 11 is 0. The number of aromatic hydroxyl groups is 1. The molecule has 0 amide bonds. The highest BCUT2D eigenvalue weighted by molar-refractivity contribution is 5.91. The number of H-pyrrole nitrogens is 1. The lowest BCUT2D eigenvalue weighted by molar-refractivity contribution is 0.477. The van der Waals surface area contributed by atoms with Crippen molar-refractivity contribution < 1.29 is 5.11 Å². The van der Waals surface area contributed by atoms with Gasteiger partial charge in [0.2, 0.25) is 0 Å². The van der Waals surface area contributed by atoms with Crippen LogP contribution in [0.2, 0.25) is 0 Å². The van der Waals surface area contributed by atoms with Gasteiger partial charge in [-0.25, -0.2) is 9.97 Å².